The van der Waals surface area contributed by atoms with Gasteiger partial charge in [-0.05, 0) is 101 Å². The van der Waals surface area contributed by atoms with Gasteiger partial charge in [-0.1, -0.05) is 154 Å². The van der Waals surface area contributed by atoms with E-state index < -0.39 is 0 Å². The summed E-state index contributed by atoms with van der Waals surface area (Å²) >= 11 is 0. The van der Waals surface area contributed by atoms with Gasteiger partial charge in [0.15, 0.2) is 0 Å². The van der Waals surface area contributed by atoms with E-state index in [1.165, 1.54) is 96.1 Å². The summed E-state index contributed by atoms with van der Waals surface area (Å²) in [4.78, 5) is 5.35. The highest BCUT2D eigenvalue weighted by Crippen LogP contribution is 2.61. The molecule has 0 aliphatic heterocycles. The maximum absolute atomic E-state index is 8.69. The summed E-state index contributed by atoms with van der Waals surface area (Å²) in [7, 11) is 2.24. The van der Waals surface area contributed by atoms with E-state index in [1.54, 1.807) is 11.1 Å². The minimum absolute atomic E-state index is 0.00524. The van der Waals surface area contributed by atoms with E-state index in [0.29, 0.717) is 6.54 Å². The minimum atomic E-state index is 0.00524. The van der Waals surface area contributed by atoms with Crippen LogP contribution >= 0.6 is 0 Å². The number of hydrogen-bond donors (Lipinski definition) is 0. The number of aryl methyl sites for hydroxylation is 1. The molecule has 2 atom stereocenters. The van der Waals surface area contributed by atoms with Gasteiger partial charge in [0.05, 0.1) is 0 Å². The molecular formula is C46H54N4. The molecule has 4 aromatic carbocycles. The lowest BCUT2D eigenvalue weighted by molar-refractivity contribution is 0.368. The van der Waals surface area contributed by atoms with Crippen molar-refractivity contribution in [2.45, 2.75) is 102 Å². The minimum Gasteiger partial charge on any atom is -0.345 e. The standard InChI is InChI=1S/C46H54N4/c1-5-6-7-12-27-46(28-13-8-9-14-30-48-49-47)43-25-11-10-24-42(43)45(3)29-26-41(34-44(45)46)50(4)40-23-17-22-39(33-40)38-21-16-20-37(32-38)36-19-15-18-35(2)31-36/h10-11,15-26,31-34H,5-9,12-14,27-30H2,1-4H3. The number of anilines is 1. The second-order valence-corrected chi connectivity index (χ2v) is 14.8. The highest BCUT2D eigenvalue weighted by Gasteiger charge is 2.53. The average molecular weight is 663 g/mol. The Morgan fingerprint density at radius 2 is 1.34 bits per heavy atom. The van der Waals surface area contributed by atoms with Crippen molar-refractivity contribution in [3.8, 4) is 22.3 Å². The van der Waals surface area contributed by atoms with Gasteiger partial charge in [0.2, 0.25) is 0 Å². The second-order valence-electron chi connectivity index (χ2n) is 14.8. The first-order chi connectivity index (χ1) is 24.4. The first kappa shape index (κ1) is 35.3. The first-order valence-corrected chi connectivity index (χ1v) is 18.9. The van der Waals surface area contributed by atoms with Crippen molar-refractivity contribution < 1.29 is 0 Å². The molecule has 2 aliphatic rings. The van der Waals surface area contributed by atoms with E-state index in [1.807, 2.05) is 0 Å². The second kappa shape index (κ2) is 16.0. The molecular weight excluding hydrogens is 609 g/mol. The first-order valence-electron chi connectivity index (χ1n) is 18.9. The third-order valence-corrected chi connectivity index (χ3v) is 11.5. The van der Waals surface area contributed by atoms with Crippen LogP contribution in [0.15, 0.2) is 126 Å². The van der Waals surface area contributed by atoms with Gasteiger partial charge in [0.1, 0.15) is 0 Å². The lowest BCUT2D eigenvalue weighted by atomic mass is 9.64. The van der Waals surface area contributed by atoms with Gasteiger partial charge in [0.25, 0.3) is 0 Å². The Morgan fingerprint density at radius 3 is 2.04 bits per heavy atom. The number of likely N-dealkylation sites (N-methyl/N-ethyl adjacent to an activating group) is 1. The summed E-state index contributed by atoms with van der Waals surface area (Å²) in [5.74, 6) is 0. The van der Waals surface area contributed by atoms with Crippen LogP contribution in [0.5, 0.6) is 0 Å². The van der Waals surface area contributed by atoms with Crippen molar-refractivity contribution in [2.75, 3.05) is 18.5 Å². The van der Waals surface area contributed by atoms with Crippen LogP contribution in [0.1, 0.15) is 101 Å². The highest BCUT2D eigenvalue weighted by atomic mass is 15.1. The summed E-state index contributed by atoms with van der Waals surface area (Å²) in [5, 5.41) is 3.76. The molecule has 0 saturated heterocycles. The zero-order valence-corrected chi connectivity index (χ0v) is 30.7. The van der Waals surface area contributed by atoms with Crippen LogP contribution < -0.4 is 4.90 Å². The summed E-state index contributed by atoms with van der Waals surface area (Å²) in [6, 6.07) is 36.1. The van der Waals surface area contributed by atoms with Gasteiger partial charge < -0.3 is 4.90 Å². The molecule has 0 aromatic heterocycles. The number of unbranched alkanes of at least 4 members (excludes halogenated alkanes) is 6. The molecule has 50 heavy (non-hydrogen) atoms. The molecule has 4 aromatic rings. The number of hydrogen-bond acceptors (Lipinski definition) is 2. The molecule has 0 radical (unpaired) electrons. The summed E-state index contributed by atoms with van der Waals surface area (Å²) in [5.41, 5.74) is 22.2. The van der Waals surface area contributed by atoms with Crippen molar-refractivity contribution in [2.24, 2.45) is 5.11 Å². The summed E-state index contributed by atoms with van der Waals surface area (Å²) < 4.78 is 0. The van der Waals surface area contributed by atoms with Crippen LogP contribution in [0.4, 0.5) is 5.69 Å². The lowest BCUT2D eigenvalue weighted by Gasteiger charge is -2.40. The molecule has 2 aliphatic carbocycles. The molecule has 6 rings (SSSR count). The van der Waals surface area contributed by atoms with E-state index >= 15 is 0 Å². The Kier molecular flexibility index (Phi) is 11.3. The molecule has 0 fully saturated rings. The fraction of sp³-hybridized carbons (Fsp3) is 0.391. The zero-order chi connectivity index (χ0) is 35.0. The largest absolute Gasteiger partial charge is 0.345 e. The van der Waals surface area contributed by atoms with Crippen molar-refractivity contribution in [1.29, 1.82) is 0 Å². The van der Waals surface area contributed by atoms with Crippen LogP contribution in [0.25, 0.3) is 32.7 Å². The third kappa shape index (κ3) is 7.32. The number of benzene rings is 4. The van der Waals surface area contributed by atoms with E-state index in [0.717, 1.165) is 19.3 Å². The monoisotopic (exact) mass is 662 g/mol. The fourth-order valence-corrected chi connectivity index (χ4v) is 8.74. The number of nitrogens with zero attached hydrogens (tertiary/aromatic N) is 4. The maximum Gasteiger partial charge on any atom is 0.0414 e. The molecule has 0 bridgehead atoms. The van der Waals surface area contributed by atoms with E-state index in [2.05, 4.69) is 152 Å². The van der Waals surface area contributed by atoms with Crippen molar-refractivity contribution in [3.05, 3.63) is 148 Å². The molecule has 0 amide bonds. The van der Waals surface area contributed by atoms with Gasteiger partial charge >= 0.3 is 0 Å². The Bertz CT molecular complexity index is 1900. The SMILES string of the molecule is CCCCCCC1(CCCCCCN=[N+]=[N-])C2=CC(N(C)c3cccc(-c4cccc(-c5cccc(C)c5)c4)c3)=CCC2(C)c2ccccc21. The topological polar surface area (TPSA) is 52.0 Å². The van der Waals surface area contributed by atoms with Crippen LogP contribution in [0, 0.1) is 6.92 Å². The molecule has 4 nitrogen and oxygen atoms in total. The van der Waals surface area contributed by atoms with Gasteiger partial charge in [-0.15, -0.1) is 0 Å². The van der Waals surface area contributed by atoms with E-state index in [-0.39, 0.29) is 10.8 Å². The lowest BCUT2D eigenvalue weighted by Crippen LogP contribution is -2.34. The fourth-order valence-electron chi connectivity index (χ4n) is 8.74. The normalized spacial score (nSPS) is 19.2. The van der Waals surface area contributed by atoms with E-state index in [4.69, 9.17) is 5.53 Å². The van der Waals surface area contributed by atoms with Gasteiger partial charge in [-0.3, -0.25) is 0 Å². The number of azide groups is 1. The van der Waals surface area contributed by atoms with Gasteiger partial charge in [0, 0.05) is 40.7 Å². The predicted octanol–water partition coefficient (Wildman–Crippen LogP) is 13.4. The van der Waals surface area contributed by atoms with Crippen LogP contribution in [-0.4, -0.2) is 13.6 Å². The van der Waals surface area contributed by atoms with Crippen LogP contribution in [0.3, 0.4) is 0 Å². The molecule has 258 valence electrons. The van der Waals surface area contributed by atoms with Crippen molar-refractivity contribution in [3.63, 3.8) is 0 Å². The van der Waals surface area contributed by atoms with Gasteiger partial charge in [-0.2, -0.15) is 0 Å². The number of fused-ring (bicyclic) bond motifs is 3. The molecule has 2 unspecified atom stereocenters. The Labute approximate surface area is 300 Å². The van der Waals surface area contributed by atoms with Crippen molar-refractivity contribution in [1.82, 2.24) is 0 Å². The quantitative estimate of drug-likeness (QED) is 0.0510. The Morgan fingerprint density at radius 1 is 0.720 bits per heavy atom. The molecule has 0 N–H and O–H groups in total. The van der Waals surface area contributed by atoms with Gasteiger partial charge in [-0.25, -0.2) is 0 Å². The zero-order valence-electron chi connectivity index (χ0n) is 30.7. The Balaban J connectivity index is 1.31. The molecule has 0 heterocycles. The number of allylic oxidation sites excluding steroid dienone is 3. The molecule has 0 spiro atoms. The van der Waals surface area contributed by atoms with Crippen LogP contribution in [0.2, 0.25) is 0 Å². The van der Waals surface area contributed by atoms with Crippen molar-refractivity contribution >= 4 is 5.69 Å². The third-order valence-electron chi connectivity index (χ3n) is 11.5. The average Bonchev–Trinajstić information content (AvgIpc) is 3.36. The summed E-state index contributed by atoms with van der Waals surface area (Å²) in [6.45, 7) is 7.56. The van der Waals surface area contributed by atoms with E-state index in [9.17, 15) is 0 Å². The maximum atomic E-state index is 8.69. The van der Waals surface area contributed by atoms with Crippen LogP contribution in [-0.2, 0) is 10.8 Å². The molecule has 0 saturated carbocycles. The molecule has 4 heteroatoms. The summed E-state index contributed by atoms with van der Waals surface area (Å²) in [6.07, 6.45) is 18.0. The smallest absolute Gasteiger partial charge is 0.0414 e. The predicted molar refractivity (Wildman–Crippen MR) is 213 cm³/mol. The highest BCUT2D eigenvalue weighted by molar-refractivity contribution is 5.76. The Hall–Kier alpha value is -4.53. The number of rotatable bonds is 16.